The molecule has 1 aliphatic heterocycles. The molecule has 4 aliphatic carbocycles. The summed E-state index contributed by atoms with van der Waals surface area (Å²) < 4.78 is 0. The number of nitrogens with zero attached hydrogens (tertiary/aromatic N) is 2. The van der Waals surface area contributed by atoms with Crippen molar-refractivity contribution in [3.05, 3.63) is 0 Å². The number of carbonyl (C=O) groups is 2. The Morgan fingerprint density at radius 1 is 0.929 bits per heavy atom. The van der Waals surface area contributed by atoms with Crippen molar-refractivity contribution in [1.82, 2.24) is 20.4 Å². The van der Waals surface area contributed by atoms with E-state index in [-0.39, 0.29) is 22.9 Å². The summed E-state index contributed by atoms with van der Waals surface area (Å²) in [5, 5.41) is 6.74. The normalized spacial score (nSPS) is 35.2. The van der Waals surface area contributed by atoms with E-state index in [1.165, 1.54) is 38.5 Å². The fraction of sp³-hybridized carbons (Fsp3) is 0.909. The van der Waals surface area contributed by atoms with E-state index < -0.39 is 0 Å². The molecule has 0 spiro atoms. The highest BCUT2D eigenvalue weighted by Gasteiger charge is 2.50. The molecule has 2 N–H and O–H groups in total. The van der Waals surface area contributed by atoms with Gasteiger partial charge in [0.25, 0.3) is 0 Å². The number of piperazine rings is 1. The van der Waals surface area contributed by atoms with Crippen molar-refractivity contribution in [2.45, 2.75) is 70.4 Å². The zero-order chi connectivity index (χ0) is 19.9. The van der Waals surface area contributed by atoms with E-state index in [1.54, 1.807) is 0 Å². The van der Waals surface area contributed by atoms with Gasteiger partial charge in [-0.3, -0.25) is 14.5 Å². The number of nitrogens with one attached hydrogen (secondary N) is 2. The van der Waals surface area contributed by atoms with E-state index in [2.05, 4.69) is 15.5 Å². The number of carbonyl (C=O) groups excluding carboxylic acids is 2. The Morgan fingerprint density at radius 3 is 1.96 bits per heavy atom. The van der Waals surface area contributed by atoms with Crippen LogP contribution in [0, 0.1) is 17.8 Å². The monoisotopic (exact) mass is 390 g/mol. The summed E-state index contributed by atoms with van der Waals surface area (Å²) in [5.41, 5.74) is 0.0507. The van der Waals surface area contributed by atoms with Crippen molar-refractivity contribution in [2.75, 3.05) is 39.3 Å². The van der Waals surface area contributed by atoms with Crippen LogP contribution in [0.2, 0.25) is 0 Å². The molecule has 5 rings (SSSR count). The smallest absolute Gasteiger partial charge is 0.236 e. The molecule has 0 radical (unpaired) electrons. The van der Waals surface area contributed by atoms with Crippen molar-refractivity contribution < 1.29 is 9.59 Å². The predicted molar refractivity (Wildman–Crippen MR) is 110 cm³/mol. The molecule has 28 heavy (non-hydrogen) atoms. The van der Waals surface area contributed by atoms with Gasteiger partial charge in [0.05, 0.1) is 13.1 Å². The zero-order valence-electron chi connectivity index (χ0n) is 17.9. The SMILES string of the molecule is CC(C)(C)NC(=O)CN1CCN(C(=O)CNC23CC4CC(CC(C4)C2)C3)CC1. The van der Waals surface area contributed by atoms with Gasteiger partial charge in [-0.25, -0.2) is 0 Å². The minimum Gasteiger partial charge on any atom is -0.350 e. The van der Waals surface area contributed by atoms with E-state index >= 15 is 0 Å². The second-order valence-electron chi connectivity index (χ2n) is 11.0. The first kappa shape index (κ1) is 20.1. The number of amides is 2. The lowest BCUT2D eigenvalue weighted by Crippen LogP contribution is -2.60. The molecule has 0 aromatic rings. The molecular weight excluding hydrogens is 352 g/mol. The number of rotatable bonds is 5. The zero-order valence-corrected chi connectivity index (χ0v) is 17.9. The van der Waals surface area contributed by atoms with Gasteiger partial charge in [-0.1, -0.05) is 0 Å². The standard InChI is InChI=1S/C22H38N4O2/c1-21(2,3)24-19(27)15-25-4-6-26(7-5-25)20(28)14-23-22-11-16-8-17(12-22)10-18(9-16)13-22/h16-18,23H,4-15H2,1-3H3,(H,24,27). The number of hydrogen-bond acceptors (Lipinski definition) is 4. The second-order valence-corrected chi connectivity index (χ2v) is 11.0. The van der Waals surface area contributed by atoms with E-state index in [0.717, 1.165) is 43.9 Å². The lowest BCUT2D eigenvalue weighted by molar-refractivity contribution is -0.133. The van der Waals surface area contributed by atoms with Crippen LogP contribution < -0.4 is 10.6 Å². The largest absolute Gasteiger partial charge is 0.350 e. The first-order valence-electron chi connectivity index (χ1n) is 11.3. The van der Waals surface area contributed by atoms with Gasteiger partial charge in [-0.05, 0) is 77.0 Å². The molecule has 1 heterocycles. The average Bonchev–Trinajstić information content (AvgIpc) is 2.57. The molecule has 158 valence electrons. The van der Waals surface area contributed by atoms with Gasteiger partial charge in [0.15, 0.2) is 0 Å². The Balaban J connectivity index is 1.20. The molecule has 0 aromatic heterocycles. The number of hydrogen-bond donors (Lipinski definition) is 2. The molecule has 5 fully saturated rings. The van der Waals surface area contributed by atoms with Crippen LogP contribution in [0.5, 0.6) is 0 Å². The lowest BCUT2D eigenvalue weighted by Gasteiger charge is -2.57. The van der Waals surface area contributed by atoms with E-state index in [4.69, 9.17) is 0 Å². The molecule has 4 bridgehead atoms. The molecule has 0 unspecified atom stereocenters. The highest BCUT2D eigenvalue weighted by molar-refractivity contribution is 5.79. The third-order valence-electron chi connectivity index (χ3n) is 7.26. The van der Waals surface area contributed by atoms with Crippen LogP contribution in [0.15, 0.2) is 0 Å². The Hall–Kier alpha value is -1.14. The van der Waals surface area contributed by atoms with Crippen LogP contribution in [-0.2, 0) is 9.59 Å². The maximum Gasteiger partial charge on any atom is 0.236 e. The maximum atomic E-state index is 12.8. The van der Waals surface area contributed by atoms with Gasteiger partial charge in [-0.2, -0.15) is 0 Å². The van der Waals surface area contributed by atoms with Gasteiger partial charge in [0.2, 0.25) is 11.8 Å². The summed E-state index contributed by atoms with van der Waals surface area (Å²) in [5.74, 6) is 3.00. The molecule has 6 heteroatoms. The third-order valence-corrected chi connectivity index (χ3v) is 7.26. The molecular formula is C22H38N4O2. The molecule has 5 aliphatic rings. The van der Waals surface area contributed by atoms with E-state index in [1.807, 2.05) is 25.7 Å². The molecule has 2 amide bonds. The Bertz CT molecular complexity index is 569. The molecule has 6 nitrogen and oxygen atoms in total. The fourth-order valence-corrected chi connectivity index (χ4v) is 6.52. The van der Waals surface area contributed by atoms with Gasteiger partial charge >= 0.3 is 0 Å². The minimum atomic E-state index is -0.197. The second kappa shape index (κ2) is 7.60. The van der Waals surface area contributed by atoms with Gasteiger partial charge in [-0.15, -0.1) is 0 Å². The first-order valence-corrected chi connectivity index (χ1v) is 11.3. The highest BCUT2D eigenvalue weighted by Crippen LogP contribution is 2.55. The van der Waals surface area contributed by atoms with Gasteiger partial charge in [0, 0.05) is 37.3 Å². The summed E-state index contributed by atoms with van der Waals surface area (Å²) in [6, 6.07) is 0. The quantitative estimate of drug-likeness (QED) is 0.749. The van der Waals surface area contributed by atoms with Crippen molar-refractivity contribution in [3.63, 3.8) is 0 Å². The Labute approximate surface area is 169 Å². The Morgan fingerprint density at radius 2 is 1.46 bits per heavy atom. The summed E-state index contributed by atoms with van der Waals surface area (Å²) in [4.78, 5) is 29.0. The lowest BCUT2D eigenvalue weighted by atomic mass is 9.53. The van der Waals surface area contributed by atoms with Crippen molar-refractivity contribution in [1.29, 1.82) is 0 Å². The molecule has 1 saturated heterocycles. The van der Waals surface area contributed by atoms with Gasteiger partial charge < -0.3 is 15.5 Å². The third kappa shape index (κ3) is 4.70. The highest BCUT2D eigenvalue weighted by atomic mass is 16.2. The summed E-state index contributed by atoms with van der Waals surface area (Å²) in [6.45, 7) is 9.91. The van der Waals surface area contributed by atoms with Crippen molar-refractivity contribution >= 4 is 11.8 Å². The first-order chi connectivity index (χ1) is 13.2. The Kier molecular flexibility index (Phi) is 5.47. The van der Waals surface area contributed by atoms with Crippen LogP contribution in [0.4, 0.5) is 0 Å². The average molecular weight is 391 g/mol. The van der Waals surface area contributed by atoms with Crippen LogP contribution in [-0.4, -0.2) is 72.0 Å². The minimum absolute atomic E-state index is 0.0655. The molecule has 0 aromatic carbocycles. The molecule has 0 atom stereocenters. The van der Waals surface area contributed by atoms with E-state index in [9.17, 15) is 9.59 Å². The predicted octanol–water partition coefficient (Wildman–Crippen LogP) is 1.60. The van der Waals surface area contributed by atoms with Crippen molar-refractivity contribution in [3.8, 4) is 0 Å². The summed E-state index contributed by atoms with van der Waals surface area (Å²) >= 11 is 0. The molecule has 4 saturated carbocycles. The van der Waals surface area contributed by atoms with Crippen LogP contribution >= 0.6 is 0 Å². The van der Waals surface area contributed by atoms with Crippen LogP contribution in [0.3, 0.4) is 0 Å². The van der Waals surface area contributed by atoms with Crippen LogP contribution in [0.25, 0.3) is 0 Å². The topological polar surface area (TPSA) is 64.7 Å². The van der Waals surface area contributed by atoms with E-state index in [0.29, 0.717) is 13.1 Å². The maximum absolute atomic E-state index is 12.8. The van der Waals surface area contributed by atoms with Gasteiger partial charge in [0.1, 0.15) is 0 Å². The summed E-state index contributed by atoms with van der Waals surface area (Å²) in [7, 11) is 0. The summed E-state index contributed by atoms with van der Waals surface area (Å²) in [6.07, 6.45) is 8.13. The fourth-order valence-electron chi connectivity index (χ4n) is 6.52. The van der Waals surface area contributed by atoms with Crippen molar-refractivity contribution in [2.24, 2.45) is 17.8 Å². The van der Waals surface area contributed by atoms with Crippen LogP contribution in [0.1, 0.15) is 59.3 Å².